The third-order valence-corrected chi connectivity index (χ3v) is 4.76. The van der Waals surface area contributed by atoms with Gasteiger partial charge in [0.1, 0.15) is 5.69 Å². The van der Waals surface area contributed by atoms with Gasteiger partial charge in [-0.1, -0.05) is 6.07 Å². The number of nitrogens with one attached hydrogen (secondary N) is 1. The molecular weight excluding hydrogens is 318 g/mol. The zero-order chi connectivity index (χ0) is 16.8. The zero-order valence-corrected chi connectivity index (χ0v) is 13.6. The van der Waals surface area contributed by atoms with Crippen LogP contribution in [0, 0.1) is 0 Å². The molecule has 1 amide bonds. The number of fused-ring (bicyclic) bond motifs is 1. The predicted molar refractivity (Wildman–Crippen MR) is 88.7 cm³/mol. The summed E-state index contributed by atoms with van der Waals surface area (Å²) in [6.45, 7) is 1.16. The molecule has 7 heteroatoms. The van der Waals surface area contributed by atoms with Crippen molar-refractivity contribution in [3.05, 3.63) is 53.6 Å². The van der Waals surface area contributed by atoms with E-state index in [-0.39, 0.29) is 5.91 Å². The molecular formula is C18H17N5O2. The number of oxazole rings is 1. The van der Waals surface area contributed by atoms with Crippen LogP contribution in [0.3, 0.4) is 0 Å². The van der Waals surface area contributed by atoms with E-state index in [1.807, 2.05) is 18.2 Å². The molecule has 4 heterocycles. The van der Waals surface area contributed by atoms with Crippen molar-refractivity contribution in [1.29, 1.82) is 0 Å². The van der Waals surface area contributed by atoms with Crippen molar-refractivity contribution in [1.82, 2.24) is 24.8 Å². The SMILES string of the molecule is O=C(c1oc(-c2ccccn2)nc1C1CC1)N1CCc2nc[nH]c2C1. The van der Waals surface area contributed by atoms with Crippen molar-refractivity contribution in [3.8, 4) is 11.6 Å². The number of carbonyl (C=O) groups excluding carboxylic acids is 1. The molecule has 25 heavy (non-hydrogen) atoms. The number of hydrogen-bond donors (Lipinski definition) is 1. The lowest BCUT2D eigenvalue weighted by Gasteiger charge is -2.25. The number of imidazole rings is 1. The molecule has 1 fully saturated rings. The highest BCUT2D eigenvalue weighted by Gasteiger charge is 2.36. The van der Waals surface area contributed by atoms with Gasteiger partial charge in [-0.3, -0.25) is 9.78 Å². The average Bonchev–Trinajstić information content (AvgIpc) is 3.23. The Morgan fingerprint density at radius 2 is 2.20 bits per heavy atom. The zero-order valence-electron chi connectivity index (χ0n) is 13.6. The molecule has 3 aromatic rings. The molecule has 2 aliphatic rings. The maximum atomic E-state index is 13.1. The number of aromatic nitrogens is 4. The minimum Gasteiger partial charge on any atom is -0.429 e. The number of carbonyl (C=O) groups is 1. The highest BCUT2D eigenvalue weighted by molar-refractivity contribution is 5.93. The summed E-state index contributed by atoms with van der Waals surface area (Å²) in [4.78, 5) is 31.1. The molecule has 3 aromatic heterocycles. The summed E-state index contributed by atoms with van der Waals surface area (Å²) in [7, 11) is 0. The molecule has 0 unspecified atom stereocenters. The fraction of sp³-hybridized carbons (Fsp3) is 0.333. The van der Waals surface area contributed by atoms with Gasteiger partial charge in [-0.25, -0.2) is 9.97 Å². The van der Waals surface area contributed by atoms with E-state index in [0.717, 1.165) is 36.3 Å². The van der Waals surface area contributed by atoms with Crippen LogP contribution in [0.1, 0.15) is 46.4 Å². The first-order valence-electron chi connectivity index (χ1n) is 8.52. The van der Waals surface area contributed by atoms with Crippen LogP contribution >= 0.6 is 0 Å². The van der Waals surface area contributed by atoms with Crippen molar-refractivity contribution < 1.29 is 9.21 Å². The number of rotatable bonds is 3. The van der Waals surface area contributed by atoms with Crippen molar-refractivity contribution in [2.45, 2.75) is 31.7 Å². The lowest BCUT2D eigenvalue weighted by molar-refractivity contribution is 0.0699. The second-order valence-electron chi connectivity index (χ2n) is 6.53. The largest absolute Gasteiger partial charge is 0.429 e. The Morgan fingerprint density at radius 3 is 3.00 bits per heavy atom. The summed E-state index contributed by atoms with van der Waals surface area (Å²) in [5.41, 5.74) is 3.47. The number of aromatic amines is 1. The quantitative estimate of drug-likeness (QED) is 0.794. The number of amides is 1. The second-order valence-corrected chi connectivity index (χ2v) is 6.53. The molecule has 1 aliphatic heterocycles. The van der Waals surface area contributed by atoms with Crippen molar-refractivity contribution in [3.63, 3.8) is 0 Å². The van der Waals surface area contributed by atoms with E-state index in [1.54, 1.807) is 17.4 Å². The molecule has 0 bridgehead atoms. The maximum absolute atomic E-state index is 13.1. The Labute approximate surface area is 144 Å². The smallest absolute Gasteiger partial charge is 0.291 e. The molecule has 1 saturated carbocycles. The van der Waals surface area contributed by atoms with E-state index < -0.39 is 0 Å². The Bertz CT molecular complexity index is 926. The van der Waals surface area contributed by atoms with E-state index in [1.165, 1.54) is 0 Å². The van der Waals surface area contributed by atoms with Gasteiger partial charge >= 0.3 is 0 Å². The maximum Gasteiger partial charge on any atom is 0.291 e. The summed E-state index contributed by atoms with van der Waals surface area (Å²) in [5.74, 6) is 1.01. The monoisotopic (exact) mass is 335 g/mol. The second kappa shape index (κ2) is 5.54. The molecule has 0 spiro atoms. The standard InChI is InChI=1S/C18H17N5O2/c24-18(23-8-6-12-14(9-23)21-10-20-12)16-15(11-4-5-11)22-17(25-16)13-3-1-2-7-19-13/h1-3,7,10-11H,4-6,8-9H2,(H,20,21). The molecule has 0 radical (unpaired) electrons. The van der Waals surface area contributed by atoms with E-state index in [0.29, 0.717) is 36.4 Å². The van der Waals surface area contributed by atoms with Crippen LogP contribution in [0.4, 0.5) is 0 Å². The summed E-state index contributed by atoms with van der Waals surface area (Å²) >= 11 is 0. The summed E-state index contributed by atoms with van der Waals surface area (Å²) in [5, 5.41) is 0. The molecule has 1 N–H and O–H groups in total. The highest BCUT2D eigenvalue weighted by atomic mass is 16.4. The van der Waals surface area contributed by atoms with Crippen molar-refractivity contribution >= 4 is 5.91 Å². The number of pyridine rings is 1. The molecule has 126 valence electrons. The topological polar surface area (TPSA) is 87.9 Å². The van der Waals surface area contributed by atoms with Crippen molar-refractivity contribution in [2.24, 2.45) is 0 Å². The van der Waals surface area contributed by atoms with Crippen LogP contribution in [-0.2, 0) is 13.0 Å². The number of H-pyrrole nitrogens is 1. The van der Waals surface area contributed by atoms with Gasteiger partial charge in [0, 0.05) is 25.1 Å². The van der Waals surface area contributed by atoms with Gasteiger partial charge in [0.25, 0.3) is 5.91 Å². The van der Waals surface area contributed by atoms with Crippen LogP contribution in [0.5, 0.6) is 0 Å². The van der Waals surface area contributed by atoms with E-state index in [4.69, 9.17) is 4.42 Å². The first kappa shape index (κ1) is 14.4. The molecule has 7 nitrogen and oxygen atoms in total. The van der Waals surface area contributed by atoms with E-state index in [9.17, 15) is 4.79 Å². The number of nitrogens with zero attached hydrogens (tertiary/aromatic N) is 4. The third-order valence-electron chi connectivity index (χ3n) is 4.76. The lowest BCUT2D eigenvalue weighted by Crippen LogP contribution is -2.36. The Kier molecular flexibility index (Phi) is 3.19. The van der Waals surface area contributed by atoms with Crippen LogP contribution in [0.15, 0.2) is 35.1 Å². The lowest BCUT2D eigenvalue weighted by atomic mass is 10.1. The van der Waals surface area contributed by atoms with Gasteiger partial charge in [0.15, 0.2) is 0 Å². The van der Waals surface area contributed by atoms with Crippen molar-refractivity contribution in [2.75, 3.05) is 6.54 Å². The van der Waals surface area contributed by atoms with E-state index >= 15 is 0 Å². The van der Waals surface area contributed by atoms with Gasteiger partial charge in [-0.15, -0.1) is 0 Å². The third kappa shape index (κ3) is 2.52. The summed E-state index contributed by atoms with van der Waals surface area (Å²) in [6.07, 6.45) is 6.24. The van der Waals surface area contributed by atoms with Crippen LogP contribution in [0.25, 0.3) is 11.6 Å². The first-order valence-corrected chi connectivity index (χ1v) is 8.52. The molecule has 5 rings (SSSR count). The molecule has 0 saturated heterocycles. The average molecular weight is 335 g/mol. The number of hydrogen-bond acceptors (Lipinski definition) is 5. The predicted octanol–water partition coefficient (Wildman–Crippen LogP) is 2.54. The van der Waals surface area contributed by atoms with Crippen LogP contribution in [0.2, 0.25) is 0 Å². The molecule has 0 atom stereocenters. The Hall–Kier alpha value is -2.96. The molecule has 0 aromatic carbocycles. The van der Waals surface area contributed by atoms with Gasteiger partial charge in [-0.2, -0.15) is 0 Å². The van der Waals surface area contributed by atoms with Gasteiger partial charge in [0.05, 0.1) is 30.0 Å². The van der Waals surface area contributed by atoms with Crippen LogP contribution < -0.4 is 0 Å². The Morgan fingerprint density at radius 1 is 1.28 bits per heavy atom. The van der Waals surface area contributed by atoms with Gasteiger partial charge in [0.2, 0.25) is 11.7 Å². The molecule has 1 aliphatic carbocycles. The Balaban J connectivity index is 1.48. The van der Waals surface area contributed by atoms with Crippen LogP contribution in [-0.4, -0.2) is 37.3 Å². The van der Waals surface area contributed by atoms with Gasteiger partial charge < -0.3 is 14.3 Å². The summed E-state index contributed by atoms with van der Waals surface area (Å²) in [6, 6.07) is 5.57. The fourth-order valence-electron chi connectivity index (χ4n) is 3.25. The summed E-state index contributed by atoms with van der Waals surface area (Å²) < 4.78 is 5.90. The highest BCUT2D eigenvalue weighted by Crippen LogP contribution is 2.42. The van der Waals surface area contributed by atoms with E-state index in [2.05, 4.69) is 19.9 Å². The fourth-order valence-corrected chi connectivity index (χ4v) is 3.25. The minimum absolute atomic E-state index is 0.100. The van der Waals surface area contributed by atoms with Gasteiger partial charge in [-0.05, 0) is 25.0 Å². The first-order chi connectivity index (χ1) is 12.3. The minimum atomic E-state index is -0.100. The normalized spacial score (nSPS) is 16.7.